The van der Waals surface area contributed by atoms with Crippen LogP contribution in [0.1, 0.15) is 25.3 Å². The molecule has 5 nitrogen and oxygen atoms in total. The van der Waals surface area contributed by atoms with Gasteiger partial charge in [0.2, 0.25) is 0 Å². The average molecular weight is 437 g/mol. The molecule has 0 atom stereocenters. The van der Waals surface area contributed by atoms with Gasteiger partial charge in [0.1, 0.15) is 5.65 Å². The minimum Gasteiger partial charge on any atom is -0.390 e. The number of pyridine rings is 1. The van der Waals surface area contributed by atoms with Crippen LogP contribution in [0.2, 0.25) is 0 Å². The maximum Gasteiger partial charge on any atom is 0.137 e. The number of aromatic nitrogens is 3. The lowest BCUT2D eigenvalue weighted by atomic mass is 9.93. The molecule has 2 aromatic carbocycles. The Morgan fingerprint density at radius 2 is 1.73 bits per heavy atom. The Kier molecular flexibility index (Phi) is 4.82. The molecule has 3 N–H and O–H groups in total. The van der Waals surface area contributed by atoms with Gasteiger partial charge in [0.15, 0.2) is 0 Å². The number of nitrogens with zero attached hydrogens (tertiary/aromatic N) is 2. The van der Waals surface area contributed by atoms with Crippen LogP contribution in [0.5, 0.6) is 0 Å². The van der Waals surface area contributed by atoms with Gasteiger partial charge < -0.3 is 15.1 Å². The van der Waals surface area contributed by atoms with Crippen molar-refractivity contribution < 1.29 is 5.11 Å². The Bertz CT molecular complexity index is 1420. The van der Waals surface area contributed by atoms with Crippen molar-refractivity contribution in [2.75, 3.05) is 13.1 Å². The predicted octanol–water partition coefficient (Wildman–Crippen LogP) is 5.73. The Hall–Kier alpha value is -3.41. The summed E-state index contributed by atoms with van der Waals surface area (Å²) >= 11 is 0. The molecular formula is C28H28N4O. The van der Waals surface area contributed by atoms with E-state index in [-0.39, 0.29) is 0 Å². The first-order valence-corrected chi connectivity index (χ1v) is 11.6. The monoisotopic (exact) mass is 436 g/mol. The van der Waals surface area contributed by atoms with E-state index in [1.807, 2.05) is 25.5 Å². The summed E-state index contributed by atoms with van der Waals surface area (Å²) in [6.07, 6.45) is 7.65. The van der Waals surface area contributed by atoms with E-state index in [4.69, 9.17) is 4.98 Å². The van der Waals surface area contributed by atoms with Crippen molar-refractivity contribution in [3.63, 3.8) is 0 Å². The summed E-state index contributed by atoms with van der Waals surface area (Å²) in [7, 11) is 0. The molecule has 0 saturated carbocycles. The summed E-state index contributed by atoms with van der Waals surface area (Å²) < 4.78 is 0. The lowest BCUT2D eigenvalue weighted by Crippen LogP contribution is -2.41. The van der Waals surface area contributed by atoms with Crippen LogP contribution in [0.25, 0.3) is 44.2 Å². The minimum absolute atomic E-state index is 0.504. The van der Waals surface area contributed by atoms with Crippen LogP contribution in [-0.4, -0.2) is 43.6 Å². The molecule has 0 unspecified atom stereocenters. The molecule has 0 amide bonds. The highest BCUT2D eigenvalue weighted by molar-refractivity contribution is 5.98. The van der Waals surface area contributed by atoms with Gasteiger partial charge in [-0.15, -0.1) is 0 Å². The highest BCUT2D eigenvalue weighted by Crippen LogP contribution is 2.32. The van der Waals surface area contributed by atoms with E-state index in [0.29, 0.717) is 0 Å². The van der Waals surface area contributed by atoms with Crippen LogP contribution < -0.4 is 0 Å². The van der Waals surface area contributed by atoms with Gasteiger partial charge >= 0.3 is 0 Å². The van der Waals surface area contributed by atoms with Crippen LogP contribution in [0.4, 0.5) is 0 Å². The molecule has 3 aromatic heterocycles. The van der Waals surface area contributed by atoms with Crippen molar-refractivity contribution in [3.8, 4) is 22.3 Å². The second-order valence-electron chi connectivity index (χ2n) is 9.57. The average Bonchev–Trinajstić information content (AvgIpc) is 3.47. The van der Waals surface area contributed by atoms with Gasteiger partial charge in [-0.25, -0.2) is 4.98 Å². The zero-order chi connectivity index (χ0) is 22.4. The van der Waals surface area contributed by atoms with E-state index in [1.54, 1.807) is 0 Å². The molecule has 1 aliphatic heterocycles. The molecule has 1 fully saturated rings. The van der Waals surface area contributed by atoms with Crippen molar-refractivity contribution in [2.45, 2.75) is 31.9 Å². The van der Waals surface area contributed by atoms with Crippen LogP contribution in [-0.2, 0) is 6.54 Å². The van der Waals surface area contributed by atoms with Crippen molar-refractivity contribution in [1.82, 2.24) is 19.9 Å². The SMILES string of the molecule is CC1(O)CCN(Cc2ccc(-c3cnc4[nH]cc(-c5ccc6[nH]ccc6c5)c4c3)cc2)CC1. The summed E-state index contributed by atoms with van der Waals surface area (Å²) in [6.45, 7) is 4.76. The van der Waals surface area contributed by atoms with Crippen LogP contribution >= 0.6 is 0 Å². The number of benzene rings is 2. The van der Waals surface area contributed by atoms with Crippen molar-refractivity contribution in [3.05, 3.63) is 78.8 Å². The third-order valence-corrected chi connectivity index (χ3v) is 7.02. The van der Waals surface area contributed by atoms with E-state index < -0.39 is 5.60 Å². The molecule has 4 heterocycles. The molecule has 0 bridgehead atoms. The van der Waals surface area contributed by atoms with E-state index in [9.17, 15) is 5.11 Å². The molecule has 1 aliphatic rings. The van der Waals surface area contributed by atoms with Crippen LogP contribution in [0.3, 0.4) is 0 Å². The second kappa shape index (κ2) is 7.87. The lowest BCUT2D eigenvalue weighted by Gasteiger charge is -2.35. The van der Waals surface area contributed by atoms with Crippen molar-refractivity contribution >= 4 is 21.9 Å². The predicted molar refractivity (Wildman–Crippen MR) is 134 cm³/mol. The second-order valence-corrected chi connectivity index (χ2v) is 9.57. The Balaban J connectivity index is 1.26. The fraction of sp³-hybridized carbons (Fsp3) is 0.250. The van der Waals surface area contributed by atoms with Gasteiger partial charge in [0.05, 0.1) is 5.60 Å². The van der Waals surface area contributed by atoms with E-state index in [2.05, 4.69) is 69.5 Å². The van der Waals surface area contributed by atoms with Gasteiger partial charge in [0.25, 0.3) is 0 Å². The quantitative estimate of drug-likeness (QED) is 0.337. The molecule has 1 saturated heterocycles. The fourth-order valence-electron chi connectivity index (χ4n) is 4.87. The first-order valence-electron chi connectivity index (χ1n) is 11.6. The summed E-state index contributed by atoms with van der Waals surface area (Å²) in [5, 5.41) is 12.5. The molecule has 166 valence electrons. The smallest absolute Gasteiger partial charge is 0.137 e. The van der Waals surface area contributed by atoms with Crippen LogP contribution in [0.15, 0.2) is 73.2 Å². The van der Waals surface area contributed by atoms with Crippen molar-refractivity contribution in [2.24, 2.45) is 0 Å². The molecule has 5 aromatic rings. The number of piperidine rings is 1. The highest BCUT2D eigenvalue weighted by Gasteiger charge is 2.27. The Morgan fingerprint density at radius 1 is 0.939 bits per heavy atom. The molecule has 5 heteroatoms. The molecule has 33 heavy (non-hydrogen) atoms. The molecule has 0 spiro atoms. The zero-order valence-corrected chi connectivity index (χ0v) is 18.8. The standard InChI is InChI=1S/C28H28N4O/c1-28(33)9-12-32(13-10-28)18-19-2-4-20(5-3-19)23-15-24-25(17-31-27(24)30-16-23)21-6-7-26-22(14-21)8-11-29-26/h2-8,11,14-17,29,33H,9-10,12-13,18H2,1H3,(H,30,31). The first-order chi connectivity index (χ1) is 16.0. The first kappa shape index (κ1) is 20.2. The number of likely N-dealkylation sites (tertiary alicyclic amines) is 1. The van der Waals surface area contributed by atoms with E-state index >= 15 is 0 Å². The molecule has 0 radical (unpaired) electrons. The van der Waals surface area contributed by atoms with Crippen molar-refractivity contribution in [1.29, 1.82) is 0 Å². The summed E-state index contributed by atoms with van der Waals surface area (Å²) in [5.41, 5.74) is 7.48. The number of hydrogen-bond acceptors (Lipinski definition) is 3. The highest BCUT2D eigenvalue weighted by atomic mass is 16.3. The van der Waals surface area contributed by atoms with Gasteiger partial charge in [-0.1, -0.05) is 30.3 Å². The lowest BCUT2D eigenvalue weighted by molar-refractivity contribution is -0.00729. The summed E-state index contributed by atoms with van der Waals surface area (Å²) in [5.74, 6) is 0. The maximum atomic E-state index is 10.2. The fourth-order valence-corrected chi connectivity index (χ4v) is 4.87. The Morgan fingerprint density at radius 3 is 2.55 bits per heavy atom. The van der Waals surface area contributed by atoms with E-state index in [0.717, 1.165) is 54.6 Å². The number of aliphatic hydroxyl groups is 1. The number of rotatable bonds is 4. The van der Waals surface area contributed by atoms with Crippen LogP contribution in [0, 0.1) is 0 Å². The zero-order valence-electron chi connectivity index (χ0n) is 18.8. The van der Waals surface area contributed by atoms with E-state index in [1.165, 1.54) is 27.6 Å². The summed E-state index contributed by atoms with van der Waals surface area (Å²) in [4.78, 5) is 13.7. The molecule has 6 rings (SSSR count). The Labute approximate surface area is 193 Å². The minimum atomic E-state index is -0.504. The van der Waals surface area contributed by atoms with Gasteiger partial charge in [0, 0.05) is 60.3 Å². The largest absolute Gasteiger partial charge is 0.390 e. The van der Waals surface area contributed by atoms with Gasteiger partial charge in [-0.2, -0.15) is 0 Å². The number of hydrogen-bond donors (Lipinski definition) is 3. The topological polar surface area (TPSA) is 67.9 Å². The number of fused-ring (bicyclic) bond motifs is 2. The normalized spacial score (nSPS) is 16.5. The third-order valence-electron chi connectivity index (χ3n) is 7.02. The molecular weight excluding hydrogens is 408 g/mol. The van der Waals surface area contributed by atoms with Gasteiger partial charge in [-0.3, -0.25) is 4.90 Å². The maximum absolute atomic E-state index is 10.2. The number of nitrogens with one attached hydrogen (secondary N) is 2. The number of aromatic amines is 2. The third kappa shape index (κ3) is 3.94. The number of H-pyrrole nitrogens is 2. The molecule has 0 aliphatic carbocycles. The van der Waals surface area contributed by atoms with Gasteiger partial charge in [-0.05, 0) is 66.1 Å². The summed E-state index contributed by atoms with van der Waals surface area (Å²) in [6, 6.07) is 19.6.